The van der Waals surface area contributed by atoms with Gasteiger partial charge in [-0.05, 0) is 37.0 Å². The summed E-state index contributed by atoms with van der Waals surface area (Å²) in [6, 6.07) is 5.25. The van der Waals surface area contributed by atoms with Crippen LogP contribution in [-0.4, -0.2) is 48.3 Å². The molecule has 1 saturated carbocycles. The number of aryl methyl sites for hydroxylation is 2. The van der Waals surface area contributed by atoms with E-state index in [0.717, 1.165) is 24.2 Å². The fourth-order valence-corrected chi connectivity index (χ4v) is 4.84. The molecule has 154 valence electrons. The molecule has 1 aromatic carbocycles. The van der Waals surface area contributed by atoms with Gasteiger partial charge in [0.05, 0.1) is 15.9 Å². The molecule has 0 radical (unpaired) electrons. The number of hydrogen-bond donors (Lipinski definition) is 1. The van der Waals surface area contributed by atoms with Crippen molar-refractivity contribution in [1.82, 2.24) is 19.2 Å². The third-order valence-electron chi connectivity index (χ3n) is 5.60. The summed E-state index contributed by atoms with van der Waals surface area (Å²) in [6.07, 6.45) is 5.44. The fourth-order valence-electron chi connectivity index (χ4n) is 3.91. The highest BCUT2D eigenvalue weighted by molar-refractivity contribution is 7.89. The SMILES string of the molecule is CC1CCCC(NC(=O)CCc2nc3cc(S(=O)(=O)N(C)C)ccc3n2C)C1. The van der Waals surface area contributed by atoms with Gasteiger partial charge in [0.2, 0.25) is 15.9 Å². The Labute approximate surface area is 167 Å². The third-order valence-corrected chi connectivity index (χ3v) is 7.41. The van der Waals surface area contributed by atoms with Crippen LogP contribution >= 0.6 is 0 Å². The number of amides is 1. The minimum Gasteiger partial charge on any atom is -0.353 e. The van der Waals surface area contributed by atoms with Gasteiger partial charge in [0.25, 0.3) is 0 Å². The van der Waals surface area contributed by atoms with E-state index in [2.05, 4.69) is 17.2 Å². The Morgan fingerprint density at radius 1 is 1.32 bits per heavy atom. The van der Waals surface area contributed by atoms with Gasteiger partial charge in [-0.15, -0.1) is 0 Å². The molecule has 2 atom stereocenters. The number of carbonyl (C=O) groups excluding carboxylic acids is 1. The number of benzene rings is 1. The molecule has 0 bridgehead atoms. The molecule has 1 heterocycles. The predicted octanol–water partition coefficient (Wildman–Crippen LogP) is 2.45. The van der Waals surface area contributed by atoms with E-state index in [-0.39, 0.29) is 16.8 Å². The van der Waals surface area contributed by atoms with Crippen molar-refractivity contribution >= 4 is 27.0 Å². The Bertz CT molecular complexity index is 965. The van der Waals surface area contributed by atoms with Crippen molar-refractivity contribution in [3.8, 4) is 0 Å². The lowest BCUT2D eigenvalue weighted by Crippen LogP contribution is -2.38. The molecule has 1 aliphatic rings. The van der Waals surface area contributed by atoms with Crippen LogP contribution in [0.15, 0.2) is 23.1 Å². The monoisotopic (exact) mass is 406 g/mol. The largest absolute Gasteiger partial charge is 0.353 e. The van der Waals surface area contributed by atoms with Crippen molar-refractivity contribution in [1.29, 1.82) is 0 Å². The zero-order valence-electron chi connectivity index (χ0n) is 17.1. The van der Waals surface area contributed by atoms with Crippen LogP contribution in [0.4, 0.5) is 0 Å². The second kappa shape index (κ2) is 8.21. The molecular weight excluding hydrogens is 376 g/mol. The topological polar surface area (TPSA) is 84.3 Å². The summed E-state index contributed by atoms with van der Waals surface area (Å²) in [6.45, 7) is 2.24. The molecule has 0 spiro atoms. The first kappa shape index (κ1) is 20.8. The maximum absolute atomic E-state index is 12.3. The first-order chi connectivity index (χ1) is 13.2. The average Bonchev–Trinajstić information content (AvgIpc) is 2.95. The second-order valence-corrected chi connectivity index (χ2v) is 10.2. The number of carbonyl (C=O) groups is 1. The highest BCUT2D eigenvalue weighted by atomic mass is 32.2. The van der Waals surface area contributed by atoms with Gasteiger partial charge < -0.3 is 9.88 Å². The van der Waals surface area contributed by atoms with Gasteiger partial charge in [-0.2, -0.15) is 0 Å². The summed E-state index contributed by atoms with van der Waals surface area (Å²) in [5.74, 6) is 1.51. The number of nitrogens with zero attached hydrogens (tertiary/aromatic N) is 3. The fraction of sp³-hybridized carbons (Fsp3) is 0.600. The van der Waals surface area contributed by atoms with E-state index in [1.807, 2.05) is 11.6 Å². The van der Waals surface area contributed by atoms with Crippen molar-refractivity contribution in [2.45, 2.75) is 56.4 Å². The van der Waals surface area contributed by atoms with Crippen molar-refractivity contribution in [3.63, 3.8) is 0 Å². The van der Waals surface area contributed by atoms with Crippen molar-refractivity contribution in [3.05, 3.63) is 24.0 Å². The van der Waals surface area contributed by atoms with E-state index in [4.69, 9.17) is 0 Å². The number of hydrogen-bond acceptors (Lipinski definition) is 4. The van der Waals surface area contributed by atoms with Gasteiger partial charge in [-0.3, -0.25) is 4.79 Å². The summed E-state index contributed by atoms with van der Waals surface area (Å²) in [7, 11) is 1.41. The zero-order chi connectivity index (χ0) is 20.5. The van der Waals surface area contributed by atoms with E-state index in [1.165, 1.54) is 31.2 Å². The maximum atomic E-state index is 12.3. The Hall–Kier alpha value is -1.93. The molecule has 1 N–H and O–H groups in total. The lowest BCUT2D eigenvalue weighted by molar-refractivity contribution is -0.122. The summed E-state index contributed by atoms with van der Waals surface area (Å²) in [4.78, 5) is 17.1. The summed E-state index contributed by atoms with van der Waals surface area (Å²) < 4.78 is 27.8. The Balaban J connectivity index is 1.69. The Morgan fingerprint density at radius 2 is 2.07 bits per heavy atom. The highest BCUT2D eigenvalue weighted by Gasteiger charge is 2.21. The third kappa shape index (κ3) is 4.38. The van der Waals surface area contributed by atoms with Crippen LogP contribution in [0.25, 0.3) is 11.0 Å². The molecule has 1 amide bonds. The minimum absolute atomic E-state index is 0.0574. The molecule has 1 aliphatic carbocycles. The first-order valence-electron chi connectivity index (χ1n) is 9.85. The molecule has 3 rings (SSSR count). The number of fused-ring (bicyclic) bond motifs is 1. The second-order valence-electron chi connectivity index (χ2n) is 8.06. The van der Waals surface area contributed by atoms with Crippen LogP contribution in [0.5, 0.6) is 0 Å². The molecule has 2 unspecified atom stereocenters. The van der Waals surface area contributed by atoms with Gasteiger partial charge in [-0.25, -0.2) is 17.7 Å². The lowest BCUT2D eigenvalue weighted by atomic mass is 9.87. The summed E-state index contributed by atoms with van der Waals surface area (Å²) in [5.41, 5.74) is 1.48. The quantitative estimate of drug-likeness (QED) is 0.799. The predicted molar refractivity (Wildman–Crippen MR) is 109 cm³/mol. The molecule has 8 heteroatoms. The van der Waals surface area contributed by atoms with E-state index >= 15 is 0 Å². The maximum Gasteiger partial charge on any atom is 0.242 e. The van der Waals surface area contributed by atoms with Gasteiger partial charge >= 0.3 is 0 Å². The lowest BCUT2D eigenvalue weighted by Gasteiger charge is -2.27. The molecule has 0 saturated heterocycles. The van der Waals surface area contributed by atoms with Gasteiger partial charge in [-0.1, -0.05) is 19.8 Å². The van der Waals surface area contributed by atoms with Gasteiger partial charge in [0.1, 0.15) is 5.82 Å². The summed E-state index contributed by atoms with van der Waals surface area (Å²) in [5, 5.41) is 3.15. The Morgan fingerprint density at radius 3 is 2.75 bits per heavy atom. The van der Waals surface area contributed by atoms with Gasteiger partial charge in [0, 0.05) is 40.0 Å². The van der Waals surface area contributed by atoms with Crippen LogP contribution in [0, 0.1) is 5.92 Å². The summed E-state index contributed by atoms with van der Waals surface area (Å²) >= 11 is 0. The number of nitrogens with one attached hydrogen (secondary N) is 1. The molecule has 7 nitrogen and oxygen atoms in total. The van der Waals surface area contributed by atoms with Crippen molar-refractivity contribution in [2.24, 2.45) is 13.0 Å². The smallest absolute Gasteiger partial charge is 0.242 e. The molecule has 2 aromatic rings. The van der Waals surface area contributed by atoms with E-state index < -0.39 is 10.0 Å². The van der Waals surface area contributed by atoms with Crippen LogP contribution in [0.1, 0.15) is 44.9 Å². The molecule has 28 heavy (non-hydrogen) atoms. The number of rotatable bonds is 6. The Kier molecular flexibility index (Phi) is 6.09. The van der Waals surface area contributed by atoms with Gasteiger partial charge in [0.15, 0.2) is 0 Å². The molecule has 1 aromatic heterocycles. The van der Waals surface area contributed by atoms with Crippen LogP contribution < -0.4 is 5.32 Å². The van der Waals surface area contributed by atoms with Crippen LogP contribution in [0.2, 0.25) is 0 Å². The van der Waals surface area contributed by atoms with Crippen LogP contribution in [-0.2, 0) is 28.3 Å². The van der Waals surface area contributed by atoms with Crippen LogP contribution in [0.3, 0.4) is 0 Å². The minimum atomic E-state index is -3.50. The molecular formula is C20H30N4O3S. The van der Waals surface area contributed by atoms with Crippen molar-refractivity contribution < 1.29 is 13.2 Å². The molecule has 0 aliphatic heterocycles. The molecule has 1 fully saturated rings. The average molecular weight is 407 g/mol. The normalized spacial score (nSPS) is 20.6. The van der Waals surface area contributed by atoms with E-state index in [9.17, 15) is 13.2 Å². The number of imidazole rings is 1. The van der Waals surface area contributed by atoms with E-state index in [0.29, 0.717) is 24.3 Å². The highest BCUT2D eigenvalue weighted by Crippen LogP contribution is 2.24. The standard InChI is InChI=1S/C20H30N4O3S/c1-14-6-5-7-15(12-14)21-20(25)11-10-19-22-17-13-16(28(26,27)23(2)3)8-9-18(17)24(19)4/h8-9,13-15H,5-7,10-12H2,1-4H3,(H,21,25). The number of aromatic nitrogens is 2. The zero-order valence-corrected chi connectivity index (χ0v) is 17.9. The first-order valence-corrected chi connectivity index (χ1v) is 11.3. The van der Waals surface area contributed by atoms with Crippen molar-refractivity contribution in [2.75, 3.05) is 14.1 Å². The van der Waals surface area contributed by atoms with E-state index in [1.54, 1.807) is 18.2 Å². The number of sulfonamides is 1.